The normalized spacial score (nSPS) is 11.6. The minimum Gasteiger partial charge on any atom is -0.326 e. The van der Waals surface area contributed by atoms with Gasteiger partial charge in [-0.25, -0.2) is 4.99 Å². The van der Waals surface area contributed by atoms with Crippen LogP contribution in [0, 0.1) is 0 Å². The van der Waals surface area contributed by atoms with Crippen LogP contribution < -0.4 is 10.1 Å². The second-order valence-corrected chi connectivity index (χ2v) is 7.29. The van der Waals surface area contributed by atoms with Gasteiger partial charge >= 0.3 is 0 Å². The topological polar surface area (TPSA) is 46.4 Å². The minimum atomic E-state index is -0.0961. The third kappa shape index (κ3) is 4.18. The van der Waals surface area contributed by atoms with Crippen LogP contribution in [0.2, 0.25) is 10.0 Å². The number of aromatic nitrogens is 1. The van der Waals surface area contributed by atoms with Crippen molar-refractivity contribution in [3.05, 3.63) is 62.7 Å². The van der Waals surface area contributed by atoms with Crippen molar-refractivity contribution in [3.63, 3.8) is 0 Å². The Balaban J connectivity index is 2.00. The lowest BCUT2D eigenvalue weighted by molar-refractivity contribution is -0.114. The molecule has 26 heavy (non-hydrogen) atoms. The fraction of sp³-hybridized carbons (Fsp3) is 0.158. The van der Waals surface area contributed by atoms with E-state index in [1.165, 1.54) is 6.92 Å². The summed E-state index contributed by atoms with van der Waals surface area (Å²) in [7, 11) is 0. The third-order valence-corrected chi connectivity index (χ3v) is 5.14. The first-order valence-corrected chi connectivity index (χ1v) is 9.67. The maximum atomic E-state index is 11.1. The number of nitrogens with zero attached hydrogens (tertiary/aromatic N) is 2. The van der Waals surface area contributed by atoms with E-state index in [0.29, 0.717) is 10.0 Å². The lowest BCUT2D eigenvalue weighted by atomic mass is 10.2. The molecule has 0 aliphatic carbocycles. The molecule has 0 saturated heterocycles. The van der Waals surface area contributed by atoms with Gasteiger partial charge in [0, 0.05) is 35.1 Å². The van der Waals surface area contributed by atoms with Gasteiger partial charge in [-0.15, -0.1) is 11.3 Å². The Bertz CT molecular complexity index is 1010. The van der Waals surface area contributed by atoms with Crippen molar-refractivity contribution in [2.45, 2.75) is 20.4 Å². The minimum absolute atomic E-state index is 0.0961. The van der Waals surface area contributed by atoms with Crippen LogP contribution in [0.5, 0.6) is 0 Å². The summed E-state index contributed by atoms with van der Waals surface area (Å²) in [4.78, 5) is 16.7. The van der Waals surface area contributed by atoms with Crippen LogP contribution in [-0.4, -0.2) is 10.5 Å². The second-order valence-electron chi connectivity index (χ2n) is 5.61. The van der Waals surface area contributed by atoms with Crippen molar-refractivity contribution in [2.75, 3.05) is 5.32 Å². The first-order chi connectivity index (χ1) is 12.5. The zero-order chi connectivity index (χ0) is 18.7. The van der Waals surface area contributed by atoms with E-state index in [2.05, 4.69) is 16.8 Å². The standard InChI is InChI=1S/C19H17Cl2N3OS/c1-3-24-18(16-9-4-13(20)10-17(16)21)11-26-19(24)23-15-7-5-14(6-8-15)22-12(2)25/h4-11H,3H2,1-2H3,(H,22,25). The number of nitrogens with one attached hydrogen (secondary N) is 1. The molecule has 0 bridgehead atoms. The molecule has 0 atom stereocenters. The molecule has 1 aromatic heterocycles. The Kier molecular flexibility index (Phi) is 5.81. The van der Waals surface area contributed by atoms with E-state index in [9.17, 15) is 4.79 Å². The van der Waals surface area contributed by atoms with Crippen LogP contribution in [0.3, 0.4) is 0 Å². The number of anilines is 1. The Labute approximate surface area is 165 Å². The van der Waals surface area contributed by atoms with E-state index in [0.717, 1.165) is 34.0 Å². The van der Waals surface area contributed by atoms with Crippen molar-refractivity contribution in [3.8, 4) is 11.3 Å². The molecule has 0 aliphatic rings. The second kappa shape index (κ2) is 8.08. The highest BCUT2D eigenvalue weighted by Crippen LogP contribution is 2.30. The van der Waals surface area contributed by atoms with E-state index in [1.54, 1.807) is 17.4 Å². The van der Waals surface area contributed by atoms with E-state index in [4.69, 9.17) is 28.2 Å². The van der Waals surface area contributed by atoms with Crippen LogP contribution in [-0.2, 0) is 11.3 Å². The van der Waals surface area contributed by atoms with Crippen LogP contribution in [0.25, 0.3) is 11.3 Å². The average Bonchev–Trinajstić information content (AvgIpc) is 2.98. The van der Waals surface area contributed by atoms with Gasteiger partial charge in [0.25, 0.3) is 0 Å². The number of carbonyl (C=O) groups is 1. The summed E-state index contributed by atoms with van der Waals surface area (Å²) in [5.41, 5.74) is 3.50. The van der Waals surface area contributed by atoms with Gasteiger partial charge in [0.15, 0.2) is 4.80 Å². The molecule has 134 valence electrons. The highest BCUT2D eigenvalue weighted by Gasteiger charge is 2.10. The number of carbonyl (C=O) groups excluding carboxylic acids is 1. The Morgan fingerprint density at radius 1 is 1.19 bits per heavy atom. The maximum absolute atomic E-state index is 11.1. The fourth-order valence-corrected chi connectivity index (χ4v) is 4.06. The summed E-state index contributed by atoms with van der Waals surface area (Å²) < 4.78 is 2.11. The third-order valence-electron chi connectivity index (χ3n) is 3.73. The summed E-state index contributed by atoms with van der Waals surface area (Å²) in [6.07, 6.45) is 0. The average molecular weight is 406 g/mol. The van der Waals surface area contributed by atoms with Gasteiger partial charge in [0.2, 0.25) is 5.91 Å². The number of benzene rings is 2. The molecular formula is C19H17Cl2N3OS. The summed E-state index contributed by atoms with van der Waals surface area (Å²) in [5, 5.41) is 6.02. The summed E-state index contributed by atoms with van der Waals surface area (Å²) in [6.45, 7) is 4.32. The van der Waals surface area contributed by atoms with Gasteiger partial charge in [0.1, 0.15) is 0 Å². The molecule has 3 rings (SSSR count). The zero-order valence-electron chi connectivity index (χ0n) is 14.3. The highest BCUT2D eigenvalue weighted by molar-refractivity contribution is 7.07. The van der Waals surface area contributed by atoms with Crippen molar-refractivity contribution >= 4 is 51.8 Å². The number of halogens is 2. The largest absolute Gasteiger partial charge is 0.326 e. The molecule has 7 heteroatoms. The van der Waals surface area contributed by atoms with Crippen LogP contribution >= 0.6 is 34.5 Å². The number of amides is 1. The van der Waals surface area contributed by atoms with E-state index >= 15 is 0 Å². The van der Waals surface area contributed by atoms with Crippen molar-refractivity contribution < 1.29 is 4.79 Å². The van der Waals surface area contributed by atoms with Crippen molar-refractivity contribution in [2.24, 2.45) is 4.99 Å². The molecule has 0 saturated carbocycles. The summed E-state index contributed by atoms with van der Waals surface area (Å²) >= 11 is 13.9. The fourth-order valence-electron chi connectivity index (χ4n) is 2.57. The van der Waals surface area contributed by atoms with Gasteiger partial charge in [-0.2, -0.15) is 0 Å². The van der Waals surface area contributed by atoms with Gasteiger partial charge in [-0.3, -0.25) is 4.79 Å². The highest BCUT2D eigenvalue weighted by atomic mass is 35.5. The van der Waals surface area contributed by atoms with Crippen LogP contribution in [0.15, 0.2) is 52.8 Å². The van der Waals surface area contributed by atoms with Gasteiger partial charge < -0.3 is 9.88 Å². The van der Waals surface area contributed by atoms with Crippen molar-refractivity contribution in [1.29, 1.82) is 0 Å². The van der Waals surface area contributed by atoms with Gasteiger partial charge in [0.05, 0.1) is 16.4 Å². The summed E-state index contributed by atoms with van der Waals surface area (Å²) in [5.74, 6) is -0.0961. The molecule has 0 spiro atoms. The molecule has 1 amide bonds. The Morgan fingerprint density at radius 2 is 1.92 bits per heavy atom. The molecule has 0 unspecified atom stereocenters. The maximum Gasteiger partial charge on any atom is 0.221 e. The lowest BCUT2D eigenvalue weighted by Gasteiger charge is -2.08. The molecule has 1 heterocycles. The van der Waals surface area contributed by atoms with E-state index in [1.807, 2.05) is 41.8 Å². The first kappa shape index (κ1) is 18.7. The first-order valence-electron chi connectivity index (χ1n) is 8.04. The van der Waals surface area contributed by atoms with Crippen LogP contribution in [0.1, 0.15) is 13.8 Å². The smallest absolute Gasteiger partial charge is 0.221 e. The van der Waals surface area contributed by atoms with Gasteiger partial charge in [-0.1, -0.05) is 23.2 Å². The van der Waals surface area contributed by atoms with E-state index in [-0.39, 0.29) is 5.91 Å². The molecule has 2 aromatic carbocycles. The Morgan fingerprint density at radius 3 is 2.54 bits per heavy atom. The molecule has 0 fully saturated rings. The molecule has 4 nitrogen and oxygen atoms in total. The zero-order valence-corrected chi connectivity index (χ0v) is 16.6. The number of thiazole rings is 1. The quantitative estimate of drug-likeness (QED) is 0.591. The molecular weight excluding hydrogens is 389 g/mol. The lowest BCUT2D eigenvalue weighted by Crippen LogP contribution is -2.14. The molecule has 3 aromatic rings. The number of hydrogen-bond acceptors (Lipinski definition) is 3. The SMILES string of the molecule is CCn1c(-c2ccc(Cl)cc2Cl)csc1=Nc1ccc(NC(C)=O)cc1. The molecule has 0 radical (unpaired) electrons. The van der Waals surface area contributed by atoms with Crippen molar-refractivity contribution in [1.82, 2.24) is 4.57 Å². The van der Waals surface area contributed by atoms with Crippen LogP contribution in [0.4, 0.5) is 11.4 Å². The summed E-state index contributed by atoms with van der Waals surface area (Å²) in [6, 6.07) is 12.9. The monoisotopic (exact) mass is 405 g/mol. The van der Waals surface area contributed by atoms with E-state index < -0.39 is 0 Å². The predicted molar refractivity (Wildman–Crippen MR) is 109 cm³/mol. The Hall–Kier alpha value is -2.08. The molecule has 0 aliphatic heterocycles. The molecule has 1 N–H and O–H groups in total. The number of hydrogen-bond donors (Lipinski definition) is 1. The number of rotatable bonds is 4. The predicted octanol–water partition coefficient (Wildman–Crippen LogP) is 5.73. The van der Waals surface area contributed by atoms with Gasteiger partial charge in [-0.05, 0) is 49.4 Å².